The summed E-state index contributed by atoms with van der Waals surface area (Å²) >= 11 is 6.32. The summed E-state index contributed by atoms with van der Waals surface area (Å²) in [4.78, 5) is 9.93. The van der Waals surface area contributed by atoms with Crippen LogP contribution < -0.4 is 0 Å². The highest BCUT2D eigenvalue weighted by molar-refractivity contribution is 7.91. The van der Waals surface area contributed by atoms with Gasteiger partial charge in [0.25, 0.3) is 15.7 Å². The fourth-order valence-corrected chi connectivity index (χ4v) is 4.23. The topological polar surface area (TPSA) is 89.8 Å². The Balaban J connectivity index is 2.94. The van der Waals surface area contributed by atoms with E-state index in [1.807, 2.05) is 0 Å². The van der Waals surface area contributed by atoms with Gasteiger partial charge in [-0.05, 0) is 6.92 Å². The molecule has 0 spiro atoms. The molecule has 1 aromatic rings. The number of thiophene rings is 1. The third-order valence-electron chi connectivity index (χ3n) is 2.26. The predicted molar refractivity (Wildman–Crippen MR) is 72.3 cm³/mol. The normalized spacial score (nSPS) is 12.0. The summed E-state index contributed by atoms with van der Waals surface area (Å²) in [5.74, 6) is 0. The average molecular weight is 329 g/mol. The maximum absolute atomic E-state index is 12.1. The van der Waals surface area contributed by atoms with E-state index < -0.39 is 20.6 Å². The van der Waals surface area contributed by atoms with Crippen LogP contribution in [0.3, 0.4) is 0 Å². The van der Waals surface area contributed by atoms with Crippen molar-refractivity contribution in [2.45, 2.75) is 11.1 Å². The van der Waals surface area contributed by atoms with E-state index in [2.05, 4.69) is 0 Å². The molecule has 1 aromatic heterocycles. The first-order valence-electron chi connectivity index (χ1n) is 5.28. The van der Waals surface area contributed by atoms with Crippen LogP contribution in [-0.4, -0.2) is 44.5 Å². The lowest BCUT2D eigenvalue weighted by Crippen LogP contribution is -2.29. The van der Waals surface area contributed by atoms with Gasteiger partial charge >= 0.3 is 0 Å². The first-order chi connectivity index (χ1) is 8.80. The lowest BCUT2D eigenvalue weighted by molar-refractivity contribution is -0.384. The van der Waals surface area contributed by atoms with Gasteiger partial charge in [0.15, 0.2) is 4.34 Å². The van der Waals surface area contributed by atoms with E-state index in [1.165, 1.54) is 7.05 Å². The fourth-order valence-electron chi connectivity index (χ4n) is 1.20. The quantitative estimate of drug-likeness (QED) is 0.433. The summed E-state index contributed by atoms with van der Waals surface area (Å²) in [6, 6.07) is 0.972. The fraction of sp³-hybridized carbons (Fsp3) is 0.556. The molecule has 0 atom stereocenters. The minimum atomic E-state index is -3.77. The van der Waals surface area contributed by atoms with Gasteiger partial charge in [-0.15, -0.1) is 11.3 Å². The van der Waals surface area contributed by atoms with Crippen LogP contribution in [0.4, 0.5) is 5.69 Å². The van der Waals surface area contributed by atoms with Crippen LogP contribution in [0.25, 0.3) is 0 Å². The van der Waals surface area contributed by atoms with E-state index in [0.717, 1.165) is 10.4 Å². The molecule has 7 nitrogen and oxygen atoms in total. The SMILES string of the molecule is CCOCCN(C)S(=O)(=O)c1cc([N+](=O)[O-])c(Cl)s1. The highest BCUT2D eigenvalue weighted by Crippen LogP contribution is 2.37. The van der Waals surface area contributed by atoms with Crippen molar-refractivity contribution in [3.05, 3.63) is 20.5 Å². The summed E-state index contributed by atoms with van der Waals surface area (Å²) in [6.45, 7) is 2.72. The standard InChI is InChI=1S/C9H13ClN2O5S2/c1-3-17-5-4-11(2)19(15,16)8-6-7(12(13)14)9(10)18-8/h6H,3-5H2,1-2H3. The van der Waals surface area contributed by atoms with Gasteiger partial charge in [-0.25, -0.2) is 8.42 Å². The number of nitro groups is 1. The van der Waals surface area contributed by atoms with Crippen LogP contribution in [0.2, 0.25) is 4.34 Å². The third-order valence-corrected chi connectivity index (χ3v) is 5.91. The van der Waals surface area contributed by atoms with Crippen LogP contribution in [-0.2, 0) is 14.8 Å². The third kappa shape index (κ3) is 3.86. The summed E-state index contributed by atoms with van der Waals surface area (Å²) in [7, 11) is -2.39. The van der Waals surface area contributed by atoms with Crippen LogP contribution >= 0.6 is 22.9 Å². The molecule has 1 heterocycles. The van der Waals surface area contributed by atoms with Crippen molar-refractivity contribution in [2.75, 3.05) is 26.8 Å². The van der Waals surface area contributed by atoms with E-state index in [0.29, 0.717) is 17.9 Å². The van der Waals surface area contributed by atoms with Gasteiger partial charge in [-0.3, -0.25) is 10.1 Å². The van der Waals surface area contributed by atoms with Crippen molar-refractivity contribution >= 4 is 38.6 Å². The molecule has 0 aromatic carbocycles. The van der Waals surface area contributed by atoms with Crippen molar-refractivity contribution in [2.24, 2.45) is 0 Å². The molecule has 0 saturated carbocycles. The number of halogens is 1. The molecule has 108 valence electrons. The lowest BCUT2D eigenvalue weighted by atomic mass is 10.6. The molecule has 0 aliphatic rings. The Kier molecular flexibility index (Phi) is 5.68. The Bertz CT molecular complexity index is 557. The number of sulfonamides is 1. The van der Waals surface area contributed by atoms with Crippen LogP contribution in [0.1, 0.15) is 6.92 Å². The Morgan fingerprint density at radius 2 is 2.21 bits per heavy atom. The highest BCUT2D eigenvalue weighted by atomic mass is 35.5. The number of ether oxygens (including phenoxy) is 1. The minimum absolute atomic E-state index is 0.150. The van der Waals surface area contributed by atoms with Crippen molar-refractivity contribution < 1.29 is 18.1 Å². The molecular formula is C9H13ClN2O5S2. The number of likely N-dealkylation sites (N-methyl/N-ethyl adjacent to an activating group) is 1. The molecule has 10 heteroatoms. The Labute approximate surface area is 119 Å². The van der Waals surface area contributed by atoms with Crippen LogP contribution in [0, 0.1) is 10.1 Å². The number of nitrogens with zero attached hydrogens (tertiary/aromatic N) is 2. The zero-order chi connectivity index (χ0) is 14.6. The van der Waals surface area contributed by atoms with Crippen molar-refractivity contribution in [3.63, 3.8) is 0 Å². The van der Waals surface area contributed by atoms with Gasteiger partial charge in [0.1, 0.15) is 4.21 Å². The molecule has 1 rings (SSSR count). The van der Waals surface area contributed by atoms with Gasteiger partial charge in [0.05, 0.1) is 11.5 Å². The minimum Gasteiger partial charge on any atom is -0.380 e. The summed E-state index contributed by atoms with van der Waals surface area (Å²) in [5.41, 5.74) is -0.400. The molecule has 0 aliphatic heterocycles. The maximum atomic E-state index is 12.1. The Morgan fingerprint density at radius 1 is 1.58 bits per heavy atom. The Morgan fingerprint density at radius 3 is 2.68 bits per heavy atom. The van der Waals surface area contributed by atoms with Crippen molar-refractivity contribution in [1.82, 2.24) is 4.31 Å². The van der Waals surface area contributed by atoms with Gasteiger partial charge in [-0.2, -0.15) is 4.31 Å². The molecule has 0 N–H and O–H groups in total. The van der Waals surface area contributed by atoms with Crippen LogP contribution in [0.5, 0.6) is 0 Å². The second-order valence-electron chi connectivity index (χ2n) is 3.50. The van der Waals surface area contributed by atoms with E-state index in [1.54, 1.807) is 6.92 Å². The first kappa shape index (κ1) is 16.3. The largest absolute Gasteiger partial charge is 0.380 e. The Hall–Kier alpha value is -0.740. The first-order valence-corrected chi connectivity index (χ1v) is 7.92. The van der Waals surface area contributed by atoms with Crippen LogP contribution in [0.15, 0.2) is 10.3 Å². The smallest absolute Gasteiger partial charge is 0.300 e. The molecule has 19 heavy (non-hydrogen) atoms. The molecule has 0 unspecified atom stereocenters. The number of rotatable bonds is 7. The average Bonchev–Trinajstić information content (AvgIpc) is 2.72. The molecule has 0 amide bonds. The predicted octanol–water partition coefficient (Wildman–Crippen LogP) is 1.97. The van der Waals surface area contributed by atoms with E-state index in [9.17, 15) is 18.5 Å². The zero-order valence-electron chi connectivity index (χ0n) is 10.3. The van der Waals surface area contributed by atoms with Gasteiger partial charge < -0.3 is 4.74 Å². The number of hydrogen-bond donors (Lipinski definition) is 0. The lowest BCUT2D eigenvalue weighted by Gasteiger charge is -2.15. The van der Waals surface area contributed by atoms with Crippen molar-refractivity contribution in [1.29, 1.82) is 0 Å². The van der Waals surface area contributed by atoms with E-state index >= 15 is 0 Å². The molecular weight excluding hydrogens is 316 g/mol. The van der Waals surface area contributed by atoms with E-state index in [4.69, 9.17) is 16.3 Å². The van der Waals surface area contributed by atoms with Crippen molar-refractivity contribution in [3.8, 4) is 0 Å². The number of hydrogen-bond acceptors (Lipinski definition) is 6. The summed E-state index contributed by atoms with van der Waals surface area (Å²) in [5, 5.41) is 10.6. The van der Waals surface area contributed by atoms with E-state index in [-0.39, 0.29) is 21.7 Å². The molecule has 0 saturated heterocycles. The second kappa shape index (κ2) is 6.62. The van der Waals surface area contributed by atoms with Gasteiger partial charge in [-0.1, -0.05) is 11.6 Å². The second-order valence-corrected chi connectivity index (χ2v) is 7.43. The molecule has 0 aliphatic carbocycles. The summed E-state index contributed by atoms with van der Waals surface area (Å²) in [6.07, 6.45) is 0. The molecule has 0 fully saturated rings. The molecule has 0 radical (unpaired) electrons. The zero-order valence-corrected chi connectivity index (χ0v) is 12.7. The van der Waals surface area contributed by atoms with Gasteiger partial charge in [0, 0.05) is 26.3 Å². The summed E-state index contributed by atoms with van der Waals surface area (Å²) < 4.78 is 30.1. The molecule has 0 bridgehead atoms. The van der Waals surface area contributed by atoms with Gasteiger partial charge in [0.2, 0.25) is 0 Å². The monoisotopic (exact) mass is 328 g/mol. The maximum Gasteiger partial charge on any atom is 0.300 e. The highest BCUT2D eigenvalue weighted by Gasteiger charge is 2.28.